The number of halogens is 3. The number of ether oxygens (including phenoxy) is 2. The van der Waals surface area contributed by atoms with Gasteiger partial charge in [-0.25, -0.2) is 0 Å². The summed E-state index contributed by atoms with van der Waals surface area (Å²) in [6.45, 7) is -0.256. The Morgan fingerprint density at radius 3 is 2.61 bits per heavy atom. The van der Waals surface area contributed by atoms with Crippen molar-refractivity contribution in [3.05, 3.63) is 24.3 Å². The van der Waals surface area contributed by atoms with Gasteiger partial charge in [-0.2, -0.15) is 13.2 Å². The van der Waals surface area contributed by atoms with Gasteiger partial charge in [-0.3, -0.25) is 4.79 Å². The molecule has 1 aromatic rings. The molecule has 1 aliphatic rings. The van der Waals surface area contributed by atoms with Gasteiger partial charge >= 0.3 is 6.18 Å². The van der Waals surface area contributed by atoms with Crippen molar-refractivity contribution >= 4 is 5.91 Å². The monoisotopic (exact) mass is 331 g/mol. The fraction of sp³-hybridized carbons (Fsp3) is 0.562. The maximum Gasteiger partial charge on any atom is 0.391 e. The van der Waals surface area contributed by atoms with E-state index in [0.717, 1.165) is 0 Å². The molecule has 1 saturated carbocycles. The van der Waals surface area contributed by atoms with Gasteiger partial charge in [-0.05, 0) is 31.4 Å². The Morgan fingerprint density at radius 2 is 1.96 bits per heavy atom. The highest BCUT2D eigenvalue weighted by Crippen LogP contribution is 2.37. The Balaban J connectivity index is 1.83. The van der Waals surface area contributed by atoms with E-state index >= 15 is 0 Å². The lowest BCUT2D eigenvalue weighted by atomic mass is 9.85. The first-order valence-corrected chi connectivity index (χ1v) is 7.52. The molecule has 0 spiro atoms. The third-order valence-electron chi connectivity index (χ3n) is 3.93. The van der Waals surface area contributed by atoms with Gasteiger partial charge < -0.3 is 14.8 Å². The molecular weight excluding hydrogens is 311 g/mol. The largest absolute Gasteiger partial charge is 0.493 e. The smallest absolute Gasteiger partial charge is 0.391 e. The summed E-state index contributed by atoms with van der Waals surface area (Å²) in [6.07, 6.45) is -3.11. The van der Waals surface area contributed by atoms with Crippen LogP contribution in [0.1, 0.15) is 25.7 Å². The molecular formula is C16H20F3NO3. The van der Waals surface area contributed by atoms with E-state index in [1.54, 1.807) is 24.3 Å². The number of alkyl halides is 3. The Bertz CT molecular complexity index is 534. The predicted molar refractivity (Wildman–Crippen MR) is 78.4 cm³/mol. The molecule has 23 heavy (non-hydrogen) atoms. The molecule has 2 rings (SSSR count). The van der Waals surface area contributed by atoms with Gasteiger partial charge in [0.2, 0.25) is 0 Å². The van der Waals surface area contributed by atoms with Gasteiger partial charge in [0.1, 0.15) is 0 Å². The van der Waals surface area contributed by atoms with E-state index in [-0.39, 0.29) is 19.4 Å². The minimum atomic E-state index is -4.20. The highest BCUT2D eigenvalue weighted by atomic mass is 19.4. The van der Waals surface area contributed by atoms with Crippen molar-refractivity contribution < 1.29 is 27.4 Å². The summed E-state index contributed by atoms with van der Waals surface area (Å²) in [5.74, 6) is -0.850. The van der Waals surface area contributed by atoms with Crippen molar-refractivity contribution in [2.75, 3.05) is 13.7 Å². The van der Waals surface area contributed by atoms with E-state index < -0.39 is 24.0 Å². The van der Waals surface area contributed by atoms with Crippen molar-refractivity contribution in [2.24, 2.45) is 5.92 Å². The average molecular weight is 331 g/mol. The van der Waals surface area contributed by atoms with E-state index in [2.05, 4.69) is 5.32 Å². The Labute approximate surface area is 133 Å². The third-order valence-corrected chi connectivity index (χ3v) is 3.93. The molecule has 1 aromatic carbocycles. The van der Waals surface area contributed by atoms with Gasteiger partial charge in [-0.15, -0.1) is 0 Å². The second-order valence-electron chi connectivity index (χ2n) is 5.61. The average Bonchev–Trinajstić information content (AvgIpc) is 2.52. The van der Waals surface area contributed by atoms with Crippen LogP contribution in [0.15, 0.2) is 24.3 Å². The van der Waals surface area contributed by atoms with Crippen LogP contribution < -0.4 is 14.8 Å². The van der Waals surface area contributed by atoms with Crippen LogP contribution in [0.25, 0.3) is 0 Å². The maximum absolute atomic E-state index is 12.8. The van der Waals surface area contributed by atoms with Gasteiger partial charge in [0.15, 0.2) is 18.1 Å². The fourth-order valence-electron chi connectivity index (χ4n) is 2.77. The molecule has 1 amide bonds. The molecule has 1 fully saturated rings. The summed E-state index contributed by atoms with van der Waals surface area (Å²) >= 11 is 0. The zero-order valence-corrected chi connectivity index (χ0v) is 12.9. The first kappa shape index (κ1) is 17.4. The first-order valence-electron chi connectivity index (χ1n) is 7.52. The topological polar surface area (TPSA) is 47.6 Å². The molecule has 0 bridgehead atoms. The minimum absolute atomic E-state index is 0.0656. The van der Waals surface area contributed by atoms with Crippen LogP contribution in [0.5, 0.6) is 11.5 Å². The summed E-state index contributed by atoms with van der Waals surface area (Å²) in [6, 6.07) is 6.41. The Morgan fingerprint density at radius 1 is 1.26 bits per heavy atom. The van der Waals surface area contributed by atoms with Crippen LogP contribution in [0, 0.1) is 5.92 Å². The zero-order chi connectivity index (χ0) is 16.9. The van der Waals surface area contributed by atoms with Crippen LogP contribution in [-0.2, 0) is 4.79 Å². The number of para-hydroxylation sites is 2. The summed E-state index contributed by atoms with van der Waals surface area (Å²) in [4.78, 5) is 11.9. The normalized spacial score (nSPS) is 21.6. The maximum atomic E-state index is 12.8. The molecule has 0 aromatic heterocycles. The van der Waals surface area contributed by atoms with Crippen LogP contribution in [0.4, 0.5) is 13.2 Å². The fourth-order valence-corrected chi connectivity index (χ4v) is 2.77. The molecule has 0 saturated heterocycles. The molecule has 1 N–H and O–H groups in total. The lowest BCUT2D eigenvalue weighted by Crippen LogP contribution is -2.43. The van der Waals surface area contributed by atoms with Crippen molar-refractivity contribution in [3.63, 3.8) is 0 Å². The third kappa shape index (κ3) is 5.04. The van der Waals surface area contributed by atoms with Gasteiger partial charge in [0.05, 0.1) is 13.0 Å². The molecule has 128 valence electrons. The number of nitrogens with one attached hydrogen (secondary N) is 1. The van der Waals surface area contributed by atoms with Crippen LogP contribution >= 0.6 is 0 Å². The first-order chi connectivity index (χ1) is 10.9. The lowest BCUT2D eigenvalue weighted by molar-refractivity contribution is -0.184. The van der Waals surface area contributed by atoms with Crippen LogP contribution in [0.2, 0.25) is 0 Å². The number of benzene rings is 1. The van der Waals surface area contributed by atoms with Crippen molar-refractivity contribution in [1.29, 1.82) is 0 Å². The second kappa shape index (κ2) is 7.57. The van der Waals surface area contributed by atoms with Gasteiger partial charge in [-0.1, -0.05) is 18.6 Å². The number of rotatable bonds is 5. The number of hydrogen-bond acceptors (Lipinski definition) is 3. The minimum Gasteiger partial charge on any atom is -0.493 e. The Kier molecular flexibility index (Phi) is 5.74. The van der Waals surface area contributed by atoms with Crippen molar-refractivity contribution in [1.82, 2.24) is 5.32 Å². The number of carbonyl (C=O) groups is 1. The van der Waals surface area contributed by atoms with Crippen LogP contribution in [-0.4, -0.2) is 31.8 Å². The molecule has 1 aliphatic carbocycles. The van der Waals surface area contributed by atoms with E-state index in [4.69, 9.17) is 9.47 Å². The Hall–Kier alpha value is -1.92. The number of amides is 1. The molecule has 4 nitrogen and oxygen atoms in total. The highest BCUT2D eigenvalue weighted by Gasteiger charge is 2.42. The lowest BCUT2D eigenvalue weighted by Gasteiger charge is -2.31. The summed E-state index contributed by atoms with van der Waals surface area (Å²) in [5.41, 5.74) is 0. The molecule has 7 heteroatoms. The molecule has 2 unspecified atom stereocenters. The highest BCUT2D eigenvalue weighted by molar-refractivity contribution is 5.77. The van der Waals surface area contributed by atoms with Crippen LogP contribution in [0.3, 0.4) is 0 Å². The quantitative estimate of drug-likeness (QED) is 0.900. The summed E-state index contributed by atoms with van der Waals surface area (Å²) < 4.78 is 48.7. The van der Waals surface area contributed by atoms with Crippen molar-refractivity contribution in [2.45, 2.75) is 37.9 Å². The van der Waals surface area contributed by atoms with E-state index in [1.807, 2.05) is 0 Å². The van der Waals surface area contributed by atoms with E-state index in [0.29, 0.717) is 24.3 Å². The summed E-state index contributed by atoms with van der Waals surface area (Å²) in [7, 11) is 1.49. The SMILES string of the molecule is COc1ccccc1OCC(=O)NC1CCCC(C(F)(F)F)C1. The van der Waals surface area contributed by atoms with E-state index in [1.165, 1.54) is 7.11 Å². The molecule has 0 radical (unpaired) electrons. The zero-order valence-electron chi connectivity index (χ0n) is 12.9. The predicted octanol–water partition coefficient (Wildman–Crippen LogP) is 3.31. The molecule has 2 atom stereocenters. The van der Waals surface area contributed by atoms with Crippen molar-refractivity contribution in [3.8, 4) is 11.5 Å². The summed E-state index contributed by atoms with van der Waals surface area (Å²) in [5, 5.41) is 2.62. The van der Waals surface area contributed by atoms with Gasteiger partial charge in [0.25, 0.3) is 5.91 Å². The number of hydrogen-bond donors (Lipinski definition) is 1. The van der Waals surface area contributed by atoms with E-state index in [9.17, 15) is 18.0 Å². The standard InChI is InChI=1S/C16H20F3NO3/c1-22-13-7-2-3-8-14(13)23-10-15(21)20-12-6-4-5-11(9-12)16(17,18)19/h2-3,7-8,11-12H,4-6,9-10H2,1H3,(H,20,21). The van der Waals surface area contributed by atoms with Gasteiger partial charge in [0, 0.05) is 6.04 Å². The number of carbonyl (C=O) groups excluding carboxylic acids is 1. The molecule has 0 heterocycles. The second-order valence-corrected chi connectivity index (χ2v) is 5.61. The molecule has 0 aliphatic heterocycles. The number of methoxy groups -OCH3 is 1.